The van der Waals surface area contributed by atoms with Crippen LogP contribution in [-0.4, -0.2) is 37.8 Å². The largest absolute Gasteiger partial charge is 0.508 e. The van der Waals surface area contributed by atoms with Crippen LogP contribution >= 0.6 is 0 Å². The van der Waals surface area contributed by atoms with Gasteiger partial charge in [-0.15, -0.1) is 0 Å². The van der Waals surface area contributed by atoms with E-state index in [4.69, 9.17) is 9.47 Å². The first kappa shape index (κ1) is 36.4. The number of rotatable bonds is 15. The fourth-order valence-corrected chi connectivity index (χ4v) is 7.22. The minimum Gasteiger partial charge on any atom is -0.508 e. The molecular formula is C40H46O7S. The Bertz CT molecular complexity index is 1750. The summed E-state index contributed by atoms with van der Waals surface area (Å²) in [4.78, 5) is 27.2. The number of sulfone groups is 1. The van der Waals surface area contributed by atoms with Gasteiger partial charge in [0.25, 0.3) is 0 Å². The van der Waals surface area contributed by atoms with E-state index in [9.17, 15) is 23.1 Å². The van der Waals surface area contributed by atoms with Gasteiger partial charge in [0, 0.05) is 0 Å². The second-order valence-electron chi connectivity index (χ2n) is 13.2. The molecule has 3 atom stereocenters. The van der Waals surface area contributed by atoms with Gasteiger partial charge < -0.3 is 14.6 Å². The van der Waals surface area contributed by atoms with Crippen molar-refractivity contribution in [2.45, 2.75) is 76.2 Å². The minimum atomic E-state index is -3.57. The van der Waals surface area contributed by atoms with Crippen LogP contribution in [0.5, 0.6) is 5.75 Å². The second kappa shape index (κ2) is 15.6. The number of carbonyl (C=O) groups is 2. The molecule has 0 aromatic heterocycles. The van der Waals surface area contributed by atoms with Crippen LogP contribution in [0.25, 0.3) is 0 Å². The average molecular weight is 671 g/mol. The molecule has 254 valence electrons. The van der Waals surface area contributed by atoms with Gasteiger partial charge in [0.15, 0.2) is 9.84 Å². The van der Waals surface area contributed by atoms with Crippen molar-refractivity contribution in [2.24, 2.45) is 5.41 Å². The second-order valence-corrected chi connectivity index (χ2v) is 15.3. The van der Waals surface area contributed by atoms with Crippen LogP contribution in [0.4, 0.5) is 0 Å². The third-order valence-corrected chi connectivity index (χ3v) is 10.7. The van der Waals surface area contributed by atoms with E-state index in [0.717, 1.165) is 23.1 Å². The third-order valence-electron chi connectivity index (χ3n) is 9.02. The predicted octanol–water partition coefficient (Wildman–Crippen LogP) is 8.59. The zero-order valence-electron chi connectivity index (χ0n) is 28.4. The van der Waals surface area contributed by atoms with Gasteiger partial charge in [0.2, 0.25) is 0 Å². The molecule has 4 aromatic carbocycles. The number of phenolic OH excluding ortho intramolecular Hbond substituents is 1. The van der Waals surface area contributed by atoms with Crippen LogP contribution in [0.15, 0.2) is 114 Å². The maximum absolute atomic E-state index is 14.2. The summed E-state index contributed by atoms with van der Waals surface area (Å²) in [6.07, 6.45) is 1.78. The van der Waals surface area contributed by atoms with E-state index >= 15 is 0 Å². The SMILES string of the molecule is CCC(CC(C)(CC(C)c1ccc(O)cc1)C(=O)OC(C)(C)c1ccccc1)c1ccc(C(=O)OCCS(=O)(=O)c2ccccc2)cc1. The molecule has 0 fully saturated rings. The molecule has 0 saturated carbocycles. The predicted molar refractivity (Wildman–Crippen MR) is 188 cm³/mol. The molecule has 48 heavy (non-hydrogen) atoms. The number of esters is 2. The first-order valence-corrected chi connectivity index (χ1v) is 18.0. The number of ether oxygens (including phenoxy) is 2. The Labute approximate surface area is 284 Å². The lowest BCUT2D eigenvalue weighted by Gasteiger charge is -2.37. The Morgan fingerprint density at radius 1 is 0.771 bits per heavy atom. The molecule has 8 heteroatoms. The van der Waals surface area contributed by atoms with E-state index in [1.54, 1.807) is 42.5 Å². The molecule has 0 aliphatic carbocycles. The van der Waals surface area contributed by atoms with Gasteiger partial charge in [0.1, 0.15) is 18.0 Å². The summed E-state index contributed by atoms with van der Waals surface area (Å²) in [6, 6.07) is 31.9. The molecular weight excluding hydrogens is 625 g/mol. The zero-order chi connectivity index (χ0) is 35.0. The highest BCUT2D eigenvalue weighted by Gasteiger charge is 2.41. The van der Waals surface area contributed by atoms with Crippen molar-refractivity contribution < 1.29 is 32.6 Å². The average Bonchev–Trinajstić information content (AvgIpc) is 3.08. The number of hydrogen-bond acceptors (Lipinski definition) is 7. The molecule has 1 N–H and O–H groups in total. The van der Waals surface area contributed by atoms with E-state index in [0.29, 0.717) is 18.4 Å². The lowest BCUT2D eigenvalue weighted by Crippen LogP contribution is -2.38. The normalized spacial score (nSPS) is 14.4. The number of carbonyl (C=O) groups excluding carboxylic acids is 2. The summed E-state index contributed by atoms with van der Waals surface area (Å²) in [5, 5.41) is 9.82. The fraction of sp³-hybridized carbons (Fsp3) is 0.350. The van der Waals surface area contributed by atoms with E-state index in [1.165, 1.54) is 12.1 Å². The molecule has 4 rings (SSSR count). The Morgan fingerprint density at radius 2 is 1.33 bits per heavy atom. The first-order valence-electron chi connectivity index (χ1n) is 16.4. The molecule has 7 nitrogen and oxygen atoms in total. The molecule has 0 saturated heterocycles. The molecule has 0 amide bonds. The minimum absolute atomic E-state index is 0.00310. The van der Waals surface area contributed by atoms with E-state index in [2.05, 4.69) is 13.8 Å². The Balaban J connectivity index is 1.50. The smallest absolute Gasteiger partial charge is 0.338 e. The van der Waals surface area contributed by atoms with Crippen LogP contribution in [0.3, 0.4) is 0 Å². The van der Waals surface area contributed by atoms with Gasteiger partial charge in [-0.05, 0) is 105 Å². The lowest BCUT2D eigenvalue weighted by molar-refractivity contribution is -0.171. The summed E-state index contributed by atoms with van der Waals surface area (Å²) in [6.45, 7) is 9.65. The van der Waals surface area contributed by atoms with Crippen LogP contribution in [0.1, 0.15) is 92.8 Å². The van der Waals surface area contributed by atoms with E-state index < -0.39 is 26.8 Å². The standard InChI is InChI=1S/C40H46O7S/c1-6-30(32-17-19-33(20-18-32)37(42)46-25-26-48(44,45)36-15-11-8-12-16-36)28-40(5,27-29(2)31-21-23-35(41)24-22-31)38(43)47-39(3,4)34-13-9-7-10-14-34/h7-24,29-30,41H,6,25-28H2,1-5H3. The molecule has 0 spiro atoms. The van der Waals surface area contributed by atoms with Gasteiger partial charge in [-0.2, -0.15) is 0 Å². The maximum Gasteiger partial charge on any atom is 0.338 e. The number of benzene rings is 4. The summed E-state index contributed by atoms with van der Waals surface area (Å²) < 4.78 is 36.7. The van der Waals surface area contributed by atoms with Crippen LogP contribution in [-0.2, 0) is 29.7 Å². The summed E-state index contributed by atoms with van der Waals surface area (Å²) in [7, 11) is -3.57. The zero-order valence-corrected chi connectivity index (χ0v) is 29.2. The molecule has 0 radical (unpaired) electrons. The van der Waals surface area contributed by atoms with Crippen molar-refractivity contribution in [3.8, 4) is 5.75 Å². The maximum atomic E-state index is 14.2. The van der Waals surface area contributed by atoms with Crippen molar-refractivity contribution >= 4 is 21.8 Å². The quantitative estimate of drug-likeness (QED) is 0.126. The molecule has 0 heterocycles. The van der Waals surface area contributed by atoms with Gasteiger partial charge >= 0.3 is 11.9 Å². The number of aromatic hydroxyl groups is 1. The van der Waals surface area contributed by atoms with Crippen molar-refractivity contribution in [3.63, 3.8) is 0 Å². The topological polar surface area (TPSA) is 107 Å². The van der Waals surface area contributed by atoms with Gasteiger partial charge in [-0.1, -0.05) is 86.6 Å². The monoisotopic (exact) mass is 670 g/mol. The Hall–Kier alpha value is -4.43. The van der Waals surface area contributed by atoms with Crippen molar-refractivity contribution in [1.82, 2.24) is 0 Å². The van der Waals surface area contributed by atoms with Gasteiger partial charge in [-0.25, -0.2) is 13.2 Å². The fourth-order valence-electron chi connectivity index (χ4n) is 6.11. The molecule has 3 unspecified atom stereocenters. The van der Waals surface area contributed by atoms with Gasteiger partial charge in [-0.3, -0.25) is 4.79 Å². The highest BCUT2D eigenvalue weighted by Crippen LogP contribution is 2.43. The summed E-state index contributed by atoms with van der Waals surface area (Å²) in [5.41, 5.74) is 1.50. The number of hydrogen-bond donors (Lipinski definition) is 1. The molecule has 0 aliphatic heterocycles. The Kier molecular flexibility index (Phi) is 11.9. The molecule has 0 bridgehead atoms. The van der Waals surface area contributed by atoms with Crippen molar-refractivity contribution in [1.29, 1.82) is 0 Å². The highest BCUT2D eigenvalue weighted by molar-refractivity contribution is 7.91. The van der Waals surface area contributed by atoms with E-state index in [1.807, 2.05) is 75.4 Å². The van der Waals surface area contributed by atoms with Crippen LogP contribution in [0.2, 0.25) is 0 Å². The van der Waals surface area contributed by atoms with Gasteiger partial charge in [0.05, 0.1) is 21.6 Å². The van der Waals surface area contributed by atoms with Crippen molar-refractivity contribution in [3.05, 3.63) is 131 Å². The van der Waals surface area contributed by atoms with Crippen molar-refractivity contribution in [2.75, 3.05) is 12.4 Å². The van der Waals surface area contributed by atoms with E-state index in [-0.39, 0.29) is 40.8 Å². The third kappa shape index (κ3) is 9.34. The summed E-state index contributed by atoms with van der Waals surface area (Å²) >= 11 is 0. The lowest BCUT2D eigenvalue weighted by atomic mass is 9.71. The first-order chi connectivity index (χ1) is 22.7. The molecule has 4 aromatic rings. The molecule has 0 aliphatic rings. The van der Waals surface area contributed by atoms with Crippen LogP contribution < -0.4 is 0 Å². The highest BCUT2D eigenvalue weighted by atomic mass is 32.2. The summed E-state index contributed by atoms with van der Waals surface area (Å²) in [5.74, 6) is -1.02. The van der Waals surface area contributed by atoms with Crippen LogP contribution in [0, 0.1) is 5.41 Å². The number of phenols is 1. The Morgan fingerprint density at radius 3 is 1.92 bits per heavy atom.